The molecule has 1 aliphatic rings. The number of carboxylic acid groups (broad SMARTS) is 1. The van der Waals surface area contributed by atoms with Crippen LogP contribution in [0, 0.1) is 0 Å². The van der Waals surface area contributed by atoms with Crippen LogP contribution in [-0.2, 0) is 16.0 Å². The van der Waals surface area contributed by atoms with Crippen molar-refractivity contribution in [3.05, 3.63) is 95.6 Å². The monoisotopic (exact) mass is 429 g/mol. The largest absolute Gasteiger partial charge is 0.482 e. The summed E-state index contributed by atoms with van der Waals surface area (Å²) in [5, 5.41) is 8.86. The molecule has 0 bridgehead atoms. The average molecular weight is 429 g/mol. The van der Waals surface area contributed by atoms with E-state index in [-0.39, 0.29) is 13.2 Å². The molecule has 1 aliphatic carbocycles. The Balaban J connectivity index is 1.49. The van der Waals surface area contributed by atoms with Gasteiger partial charge in [0.05, 0.1) is 11.4 Å². The van der Waals surface area contributed by atoms with E-state index in [9.17, 15) is 9.59 Å². The summed E-state index contributed by atoms with van der Waals surface area (Å²) >= 11 is 0. The maximum absolute atomic E-state index is 13.0. The van der Waals surface area contributed by atoms with Gasteiger partial charge in [0.1, 0.15) is 12.4 Å². The third-order valence-electron chi connectivity index (χ3n) is 5.17. The van der Waals surface area contributed by atoms with E-state index in [0.29, 0.717) is 18.6 Å². The summed E-state index contributed by atoms with van der Waals surface area (Å²) in [6.07, 6.45) is 2.92. The first-order valence-electron chi connectivity index (χ1n) is 10.3. The van der Waals surface area contributed by atoms with Gasteiger partial charge in [0.2, 0.25) is 0 Å². The molecule has 0 saturated carbocycles. The van der Waals surface area contributed by atoms with Gasteiger partial charge in [-0.25, -0.2) is 14.5 Å². The lowest BCUT2D eigenvalue weighted by atomic mass is 9.92. The SMILES string of the molecule is O=C(O)COc1cccc2c1CCC(COC(=O)N(c1ccccc1)c1ccccc1)=C2. The Kier molecular flexibility index (Phi) is 6.51. The van der Waals surface area contributed by atoms with Gasteiger partial charge in [0.15, 0.2) is 6.61 Å². The molecule has 3 aromatic carbocycles. The second kappa shape index (κ2) is 9.83. The van der Waals surface area contributed by atoms with E-state index < -0.39 is 12.1 Å². The molecule has 0 saturated heterocycles. The van der Waals surface area contributed by atoms with Crippen LogP contribution >= 0.6 is 0 Å². The van der Waals surface area contributed by atoms with Crippen LogP contribution in [0.5, 0.6) is 5.75 Å². The maximum Gasteiger partial charge on any atom is 0.419 e. The summed E-state index contributed by atoms with van der Waals surface area (Å²) < 4.78 is 11.1. The van der Waals surface area contributed by atoms with Gasteiger partial charge in [-0.3, -0.25) is 0 Å². The molecule has 1 N–H and O–H groups in total. The second-order valence-electron chi connectivity index (χ2n) is 7.37. The van der Waals surface area contributed by atoms with Gasteiger partial charge < -0.3 is 14.6 Å². The van der Waals surface area contributed by atoms with Crippen molar-refractivity contribution in [2.24, 2.45) is 0 Å². The van der Waals surface area contributed by atoms with Gasteiger partial charge in [0, 0.05) is 5.56 Å². The number of fused-ring (bicyclic) bond motifs is 1. The topological polar surface area (TPSA) is 76.1 Å². The first-order valence-corrected chi connectivity index (χ1v) is 10.3. The van der Waals surface area contributed by atoms with Crippen LogP contribution in [0.25, 0.3) is 6.08 Å². The average Bonchev–Trinajstić information content (AvgIpc) is 2.82. The van der Waals surface area contributed by atoms with Crippen molar-refractivity contribution in [3.8, 4) is 5.75 Å². The summed E-state index contributed by atoms with van der Waals surface area (Å²) in [5.41, 5.74) is 4.37. The highest BCUT2D eigenvalue weighted by atomic mass is 16.6. The molecule has 0 aromatic heterocycles. The molecule has 0 heterocycles. The maximum atomic E-state index is 13.0. The quantitative estimate of drug-likeness (QED) is 0.540. The van der Waals surface area contributed by atoms with Gasteiger partial charge >= 0.3 is 12.1 Å². The van der Waals surface area contributed by atoms with Gasteiger partial charge in [-0.2, -0.15) is 0 Å². The summed E-state index contributed by atoms with van der Waals surface area (Å²) in [6, 6.07) is 24.3. The summed E-state index contributed by atoms with van der Waals surface area (Å²) in [5.74, 6) is -0.431. The van der Waals surface area contributed by atoms with Crippen LogP contribution in [0.1, 0.15) is 17.5 Å². The first kappa shape index (κ1) is 21.2. The smallest absolute Gasteiger partial charge is 0.419 e. The van der Waals surface area contributed by atoms with E-state index in [1.54, 1.807) is 11.0 Å². The van der Waals surface area contributed by atoms with Crippen LogP contribution in [-0.4, -0.2) is 30.4 Å². The third kappa shape index (κ3) is 4.98. The van der Waals surface area contributed by atoms with Crippen molar-refractivity contribution in [3.63, 3.8) is 0 Å². The van der Waals surface area contributed by atoms with Crippen molar-refractivity contribution < 1.29 is 24.2 Å². The fraction of sp³-hybridized carbons (Fsp3) is 0.154. The molecule has 3 aromatic rings. The normalized spacial score (nSPS) is 12.3. The van der Waals surface area contributed by atoms with E-state index in [1.165, 1.54) is 0 Å². The van der Waals surface area contributed by atoms with Crippen molar-refractivity contribution in [2.75, 3.05) is 18.1 Å². The highest BCUT2D eigenvalue weighted by Gasteiger charge is 2.21. The van der Waals surface area contributed by atoms with Crippen LogP contribution in [0.15, 0.2) is 84.4 Å². The molecule has 1 amide bonds. The molecule has 0 fully saturated rings. The highest BCUT2D eigenvalue weighted by molar-refractivity contribution is 5.96. The summed E-state index contributed by atoms with van der Waals surface area (Å²) in [7, 11) is 0. The van der Waals surface area contributed by atoms with Crippen LogP contribution in [0.3, 0.4) is 0 Å². The summed E-state index contributed by atoms with van der Waals surface area (Å²) in [4.78, 5) is 25.4. The van der Waals surface area contributed by atoms with Gasteiger partial charge in [-0.15, -0.1) is 0 Å². The Hall–Kier alpha value is -4.06. The Labute approximate surface area is 186 Å². The lowest BCUT2D eigenvalue weighted by molar-refractivity contribution is -0.139. The Bertz CT molecular complexity index is 1090. The molecule has 0 spiro atoms. The number of amides is 1. The molecule has 4 rings (SSSR count). The number of rotatable bonds is 7. The number of ether oxygens (including phenoxy) is 2. The molecular formula is C26H23NO5. The number of anilines is 2. The number of benzene rings is 3. The molecule has 32 heavy (non-hydrogen) atoms. The number of aliphatic carboxylic acids is 1. The lowest BCUT2D eigenvalue weighted by Crippen LogP contribution is -2.27. The van der Waals surface area contributed by atoms with E-state index in [2.05, 4.69) is 0 Å². The van der Waals surface area contributed by atoms with E-state index in [0.717, 1.165) is 28.1 Å². The van der Waals surface area contributed by atoms with Gasteiger partial charge in [0.25, 0.3) is 0 Å². The van der Waals surface area contributed by atoms with Crippen molar-refractivity contribution in [1.29, 1.82) is 0 Å². The molecule has 162 valence electrons. The number of carboxylic acids is 1. The van der Waals surface area contributed by atoms with Crippen LogP contribution < -0.4 is 9.64 Å². The second-order valence-corrected chi connectivity index (χ2v) is 7.37. The fourth-order valence-corrected chi connectivity index (χ4v) is 3.68. The molecule has 6 heteroatoms. The highest BCUT2D eigenvalue weighted by Crippen LogP contribution is 2.32. The van der Waals surface area contributed by atoms with E-state index in [4.69, 9.17) is 14.6 Å². The zero-order valence-electron chi connectivity index (χ0n) is 17.4. The van der Waals surface area contributed by atoms with Crippen molar-refractivity contribution >= 4 is 29.5 Å². The molecule has 0 unspecified atom stereocenters. The zero-order valence-corrected chi connectivity index (χ0v) is 17.4. The Morgan fingerprint density at radius 2 is 1.50 bits per heavy atom. The lowest BCUT2D eigenvalue weighted by Gasteiger charge is -2.24. The number of hydrogen-bond acceptors (Lipinski definition) is 4. The molecular weight excluding hydrogens is 406 g/mol. The minimum absolute atomic E-state index is 0.175. The van der Waals surface area contributed by atoms with E-state index in [1.807, 2.05) is 78.9 Å². The van der Waals surface area contributed by atoms with Crippen LogP contribution in [0.4, 0.5) is 16.2 Å². The summed E-state index contributed by atoms with van der Waals surface area (Å²) in [6.45, 7) is -0.200. The number of para-hydroxylation sites is 2. The first-order chi connectivity index (χ1) is 15.6. The molecule has 0 aliphatic heterocycles. The Morgan fingerprint density at radius 3 is 2.12 bits per heavy atom. The predicted molar refractivity (Wildman–Crippen MR) is 122 cm³/mol. The Morgan fingerprint density at radius 1 is 0.844 bits per heavy atom. The minimum Gasteiger partial charge on any atom is -0.482 e. The van der Waals surface area contributed by atoms with Gasteiger partial charge in [-0.1, -0.05) is 54.6 Å². The number of carbonyl (C=O) groups is 2. The fourth-order valence-electron chi connectivity index (χ4n) is 3.68. The third-order valence-corrected chi connectivity index (χ3v) is 5.17. The van der Waals surface area contributed by atoms with Crippen molar-refractivity contribution in [2.45, 2.75) is 12.8 Å². The van der Waals surface area contributed by atoms with Gasteiger partial charge in [-0.05, 0) is 54.3 Å². The minimum atomic E-state index is -1.01. The molecule has 6 nitrogen and oxygen atoms in total. The van der Waals surface area contributed by atoms with Crippen LogP contribution in [0.2, 0.25) is 0 Å². The number of carbonyl (C=O) groups excluding carboxylic acids is 1. The molecule has 0 atom stereocenters. The van der Waals surface area contributed by atoms with E-state index >= 15 is 0 Å². The number of hydrogen-bond donors (Lipinski definition) is 1. The predicted octanol–water partition coefficient (Wildman–Crippen LogP) is 5.45. The number of nitrogens with zero attached hydrogens (tertiary/aromatic N) is 1. The zero-order chi connectivity index (χ0) is 22.3. The standard InChI is InChI=1S/C26H23NO5/c28-25(29)18-31-24-13-7-8-20-16-19(14-15-23(20)24)17-32-26(30)27(21-9-3-1-4-10-21)22-11-5-2-6-12-22/h1-13,16H,14-15,17-18H2,(H,28,29). The molecule has 0 radical (unpaired) electrons. The van der Waals surface area contributed by atoms with Crippen molar-refractivity contribution in [1.82, 2.24) is 0 Å².